The summed E-state index contributed by atoms with van der Waals surface area (Å²) in [6, 6.07) is 10.3. The predicted molar refractivity (Wildman–Crippen MR) is 117 cm³/mol. The maximum atomic E-state index is 5.12. The molecule has 0 saturated carbocycles. The van der Waals surface area contributed by atoms with Crippen LogP contribution in [0.25, 0.3) is 5.65 Å². The molecule has 0 radical (unpaired) electrons. The quantitative estimate of drug-likeness (QED) is 0.666. The minimum Gasteiger partial charge on any atom is -0.383 e. The lowest BCUT2D eigenvalue weighted by atomic mass is 9.96. The number of nitrogens with one attached hydrogen (secondary N) is 1. The zero-order valence-electron chi connectivity index (χ0n) is 17.9. The Bertz CT molecular complexity index is 867. The Morgan fingerprint density at radius 2 is 2.03 bits per heavy atom. The van der Waals surface area contributed by atoms with Crippen LogP contribution in [0.3, 0.4) is 0 Å². The smallest absolute Gasteiger partial charge is 0.137 e. The molecule has 0 amide bonds. The topological polar surface area (TPSA) is 54.7 Å². The summed E-state index contributed by atoms with van der Waals surface area (Å²) in [5, 5.41) is 3.18. The molecule has 6 heteroatoms. The first-order chi connectivity index (χ1) is 14.2. The summed E-state index contributed by atoms with van der Waals surface area (Å²) in [4.78, 5) is 11.2. The second-order valence-electron chi connectivity index (χ2n) is 7.51. The standard InChI is InChI=1S/C14H22N4O.C9H11N/c1-15-10-12-13(11-17(2)8-9-19-3)18-7-5-4-6-14(18)16-12;1-2-6-9-8(4-1)5-3-7-10-9/h4-7,15H,8-11H2,1-3H3;3,5,7H,1-2,4,6H2. The summed E-state index contributed by atoms with van der Waals surface area (Å²) in [7, 11) is 5.78. The van der Waals surface area contributed by atoms with Crippen LogP contribution in [0.5, 0.6) is 0 Å². The number of fused-ring (bicyclic) bond motifs is 2. The molecule has 0 aliphatic heterocycles. The van der Waals surface area contributed by atoms with Crippen molar-refractivity contribution in [2.45, 2.75) is 38.8 Å². The van der Waals surface area contributed by atoms with Crippen LogP contribution in [-0.4, -0.2) is 53.6 Å². The van der Waals surface area contributed by atoms with E-state index in [4.69, 9.17) is 4.74 Å². The SMILES string of the molecule is CNCc1nc2ccccn2c1CN(C)CCOC.c1cnc2c(c1)CCCC2. The fourth-order valence-electron chi connectivity index (χ4n) is 3.69. The Labute approximate surface area is 173 Å². The second kappa shape index (κ2) is 11.0. The fraction of sp³-hybridized carbons (Fsp3) is 0.478. The molecular formula is C23H33N5O. The Morgan fingerprint density at radius 1 is 1.17 bits per heavy atom. The van der Waals surface area contributed by atoms with E-state index < -0.39 is 0 Å². The summed E-state index contributed by atoms with van der Waals surface area (Å²) in [5.74, 6) is 0. The molecule has 1 aliphatic rings. The third-order valence-electron chi connectivity index (χ3n) is 5.25. The highest BCUT2D eigenvalue weighted by Crippen LogP contribution is 2.17. The molecule has 29 heavy (non-hydrogen) atoms. The van der Waals surface area contributed by atoms with Crippen LogP contribution in [0.15, 0.2) is 42.7 Å². The zero-order chi connectivity index (χ0) is 20.5. The van der Waals surface area contributed by atoms with Gasteiger partial charge in [0.2, 0.25) is 0 Å². The maximum absolute atomic E-state index is 5.12. The predicted octanol–water partition coefficient (Wildman–Crippen LogP) is 3.09. The van der Waals surface area contributed by atoms with Crippen molar-refractivity contribution >= 4 is 5.65 Å². The van der Waals surface area contributed by atoms with Crippen molar-refractivity contribution in [3.8, 4) is 0 Å². The number of methoxy groups -OCH3 is 1. The summed E-state index contributed by atoms with van der Waals surface area (Å²) in [5.41, 5.74) is 6.15. The minimum atomic E-state index is 0.745. The lowest BCUT2D eigenvalue weighted by molar-refractivity contribution is 0.158. The van der Waals surface area contributed by atoms with Crippen LogP contribution >= 0.6 is 0 Å². The first kappa shape index (κ1) is 21.4. The van der Waals surface area contributed by atoms with Crippen LogP contribution in [0.2, 0.25) is 0 Å². The van der Waals surface area contributed by atoms with E-state index in [2.05, 4.69) is 43.9 Å². The summed E-state index contributed by atoms with van der Waals surface area (Å²) in [6.07, 6.45) is 9.06. The monoisotopic (exact) mass is 395 g/mol. The number of rotatable bonds is 7. The molecule has 0 aromatic carbocycles. The molecule has 3 heterocycles. The average Bonchev–Trinajstić information content (AvgIpc) is 3.10. The molecule has 0 unspecified atom stereocenters. The van der Waals surface area contributed by atoms with Crippen LogP contribution in [0.4, 0.5) is 0 Å². The van der Waals surface area contributed by atoms with E-state index in [0.29, 0.717) is 0 Å². The third kappa shape index (κ3) is 5.85. The van der Waals surface area contributed by atoms with Crippen molar-refractivity contribution in [2.75, 3.05) is 34.4 Å². The van der Waals surface area contributed by atoms with Gasteiger partial charge in [0.15, 0.2) is 0 Å². The van der Waals surface area contributed by atoms with Crippen LogP contribution in [-0.2, 0) is 30.7 Å². The highest BCUT2D eigenvalue weighted by molar-refractivity contribution is 5.43. The third-order valence-corrected chi connectivity index (χ3v) is 5.25. The van der Waals surface area contributed by atoms with Gasteiger partial charge in [-0.3, -0.25) is 9.88 Å². The molecular weight excluding hydrogens is 362 g/mol. The second-order valence-corrected chi connectivity index (χ2v) is 7.51. The van der Waals surface area contributed by atoms with E-state index in [-0.39, 0.29) is 0 Å². The van der Waals surface area contributed by atoms with E-state index in [0.717, 1.165) is 37.6 Å². The number of nitrogens with zero attached hydrogens (tertiary/aromatic N) is 4. The molecule has 4 rings (SSSR count). The van der Waals surface area contributed by atoms with Crippen molar-refractivity contribution in [2.24, 2.45) is 0 Å². The highest BCUT2D eigenvalue weighted by atomic mass is 16.5. The van der Waals surface area contributed by atoms with E-state index in [1.54, 1.807) is 7.11 Å². The van der Waals surface area contributed by atoms with Gasteiger partial charge in [0, 0.05) is 44.8 Å². The normalized spacial score (nSPS) is 13.2. The van der Waals surface area contributed by atoms with Gasteiger partial charge in [0.25, 0.3) is 0 Å². The van der Waals surface area contributed by atoms with Gasteiger partial charge in [-0.2, -0.15) is 0 Å². The largest absolute Gasteiger partial charge is 0.383 e. The first-order valence-corrected chi connectivity index (χ1v) is 10.4. The number of imidazole rings is 1. The average molecular weight is 396 g/mol. The number of pyridine rings is 2. The number of aryl methyl sites for hydroxylation is 2. The van der Waals surface area contributed by atoms with Gasteiger partial charge in [-0.05, 0) is 63.5 Å². The van der Waals surface area contributed by atoms with Crippen molar-refractivity contribution in [1.82, 2.24) is 24.6 Å². The molecule has 3 aromatic heterocycles. The van der Waals surface area contributed by atoms with E-state index >= 15 is 0 Å². The molecule has 0 atom stereocenters. The molecule has 6 nitrogen and oxygen atoms in total. The molecule has 1 N–H and O–H groups in total. The fourth-order valence-corrected chi connectivity index (χ4v) is 3.69. The van der Waals surface area contributed by atoms with E-state index in [1.165, 1.54) is 42.6 Å². The van der Waals surface area contributed by atoms with Crippen molar-refractivity contribution < 1.29 is 4.74 Å². The molecule has 156 valence electrons. The van der Waals surface area contributed by atoms with Gasteiger partial charge < -0.3 is 14.5 Å². The van der Waals surface area contributed by atoms with Crippen LogP contribution in [0, 0.1) is 0 Å². The van der Waals surface area contributed by atoms with Gasteiger partial charge in [0.05, 0.1) is 18.0 Å². The number of likely N-dealkylation sites (N-methyl/N-ethyl adjacent to an activating group) is 1. The Morgan fingerprint density at radius 3 is 2.83 bits per heavy atom. The lowest BCUT2D eigenvalue weighted by Gasteiger charge is -2.16. The maximum Gasteiger partial charge on any atom is 0.137 e. The molecule has 1 aliphatic carbocycles. The van der Waals surface area contributed by atoms with Gasteiger partial charge in [-0.1, -0.05) is 12.1 Å². The molecule has 0 fully saturated rings. The molecule has 3 aromatic rings. The number of hydrogen-bond donors (Lipinski definition) is 1. The molecule has 0 saturated heterocycles. The Kier molecular flexibility index (Phi) is 8.16. The van der Waals surface area contributed by atoms with Gasteiger partial charge >= 0.3 is 0 Å². The minimum absolute atomic E-state index is 0.745. The molecule has 0 spiro atoms. The first-order valence-electron chi connectivity index (χ1n) is 10.4. The number of ether oxygens (including phenoxy) is 1. The Hall–Kier alpha value is -2.28. The number of hydrogen-bond acceptors (Lipinski definition) is 5. The van der Waals surface area contributed by atoms with Gasteiger partial charge in [-0.15, -0.1) is 0 Å². The summed E-state index contributed by atoms with van der Waals surface area (Å²) >= 11 is 0. The highest BCUT2D eigenvalue weighted by Gasteiger charge is 2.13. The Balaban J connectivity index is 0.000000200. The van der Waals surface area contributed by atoms with E-state index in [1.807, 2.05) is 37.5 Å². The van der Waals surface area contributed by atoms with E-state index in [9.17, 15) is 0 Å². The van der Waals surface area contributed by atoms with Crippen molar-refractivity contribution in [1.29, 1.82) is 0 Å². The van der Waals surface area contributed by atoms with Crippen molar-refractivity contribution in [3.05, 3.63) is 65.4 Å². The lowest BCUT2D eigenvalue weighted by Crippen LogP contribution is -2.24. The van der Waals surface area contributed by atoms with Crippen molar-refractivity contribution in [3.63, 3.8) is 0 Å². The van der Waals surface area contributed by atoms with Crippen LogP contribution < -0.4 is 5.32 Å². The van der Waals surface area contributed by atoms with Gasteiger partial charge in [0.1, 0.15) is 5.65 Å². The van der Waals surface area contributed by atoms with Gasteiger partial charge in [-0.25, -0.2) is 4.98 Å². The summed E-state index contributed by atoms with van der Waals surface area (Å²) in [6.45, 7) is 3.31. The number of aromatic nitrogens is 3. The van der Waals surface area contributed by atoms with Crippen LogP contribution in [0.1, 0.15) is 35.5 Å². The molecule has 0 bridgehead atoms. The zero-order valence-corrected chi connectivity index (χ0v) is 17.9. The summed E-state index contributed by atoms with van der Waals surface area (Å²) < 4.78 is 7.28.